The minimum Gasteiger partial charge on any atom is -0.457 e. The Kier molecular flexibility index (Phi) is 4.32. The smallest absolute Gasteiger partial charge is 0.269 e. The maximum absolute atomic E-state index is 10.6. The van der Waals surface area contributed by atoms with Gasteiger partial charge in [-0.15, -0.1) is 0 Å². The van der Waals surface area contributed by atoms with Crippen LogP contribution >= 0.6 is 0 Å². The number of ether oxygens (including phenoxy) is 1. The highest BCUT2D eigenvalue weighted by Gasteiger charge is 2.12. The molecule has 5 nitrogen and oxygen atoms in total. The Morgan fingerprint density at radius 1 is 1.20 bits per heavy atom. The molecule has 2 rings (SSSR count). The summed E-state index contributed by atoms with van der Waals surface area (Å²) in [6.45, 7) is 1.88. The van der Waals surface area contributed by atoms with E-state index in [4.69, 9.17) is 4.74 Å². The maximum Gasteiger partial charge on any atom is 0.269 e. The van der Waals surface area contributed by atoms with Crippen molar-refractivity contribution in [1.82, 2.24) is 0 Å². The van der Waals surface area contributed by atoms with E-state index in [0.717, 1.165) is 0 Å². The van der Waals surface area contributed by atoms with Gasteiger partial charge in [-0.3, -0.25) is 10.1 Å². The van der Waals surface area contributed by atoms with Crippen LogP contribution in [0.5, 0.6) is 11.5 Å². The molecule has 0 spiro atoms. The molecule has 0 bridgehead atoms. The van der Waals surface area contributed by atoms with Crippen molar-refractivity contribution in [1.29, 1.82) is 0 Å². The standard InChI is InChI=1S/C15H15NO4/c1-2-14(17)13-5-3-4-6-15(13)20-12-9-7-11(8-10-12)16(18)19/h3-10,14,17H,2H2,1H3/t14-/m1/s1. The van der Waals surface area contributed by atoms with Crippen molar-refractivity contribution in [2.24, 2.45) is 0 Å². The van der Waals surface area contributed by atoms with E-state index in [1.54, 1.807) is 12.1 Å². The van der Waals surface area contributed by atoms with Crippen molar-refractivity contribution in [3.05, 3.63) is 64.2 Å². The van der Waals surface area contributed by atoms with E-state index in [9.17, 15) is 15.2 Å². The highest BCUT2D eigenvalue weighted by Crippen LogP contribution is 2.31. The van der Waals surface area contributed by atoms with Crippen LogP contribution < -0.4 is 4.74 Å². The van der Waals surface area contributed by atoms with Gasteiger partial charge in [-0.1, -0.05) is 25.1 Å². The highest BCUT2D eigenvalue weighted by atomic mass is 16.6. The third-order valence-electron chi connectivity index (χ3n) is 2.94. The van der Waals surface area contributed by atoms with Gasteiger partial charge in [0, 0.05) is 17.7 Å². The summed E-state index contributed by atoms with van der Waals surface area (Å²) < 4.78 is 5.68. The Hall–Kier alpha value is -2.40. The number of non-ortho nitro benzene ring substituents is 1. The number of nitro benzene ring substituents is 1. The molecular weight excluding hydrogens is 258 g/mol. The average Bonchev–Trinajstić information content (AvgIpc) is 2.47. The maximum atomic E-state index is 10.6. The lowest BCUT2D eigenvalue weighted by molar-refractivity contribution is -0.384. The fraction of sp³-hybridized carbons (Fsp3) is 0.200. The Bertz CT molecular complexity index is 595. The van der Waals surface area contributed by atoms with E-state index in [2.05, 4.69) is 0 Å². The first-order chi connectivity index (χ1) is 9.61. The number of aliphatic hydroxyl groups is 1. The Morgan fingerprint density at radius 3 is 2.45 bits per heavy atom. The van der Waals surface area contributed by atoms with Crippen molar-refractivity contribution >= 4 is 5.69 Å². The van der Waals surface area contributed by atoms with E-state index in [0.29, 0.717) is 23.5 Å². The molecule has 0 aliphatic rings. The number of hydrogen-bond acceptors (Lipinski definition) is 4. The third kappa shape index (κ3) is 3.13. The SMILES string of the molecule is CC[C@@H](O)c1ccccc1Oc1ccc([N+](=O)[O-])cc1. The van der Waals surface area contributed by atoms with Gasteiger partial charge in [0.05, 0.1) is 11.0 Å². The first kappa shape index (κ1) is 14.0. The largest absolute Gasteiger partial charge is 0.457 e. The predicted molar refractivity (Wildman–Crippen MR) is 74.9 cm³/mol. The highest BCUT2D eigenvalue weighted by molar-refractivity contribution is 5.42. The lowest BCUT2D eigenvalue weighted by atomic mass is 10.1. The minimum atomic E-state index is -0.593. The number of rotatable bonds is 5. The molecule has 0 saturated heterocycles. The van der Waals surface area contributed by atoms with Crippen molar-refractivity contribution < 1.29 is 14.8 Å². The van der Waals surface area contributed by atoms with Crippen LogP contribution in [0.3, 0.4) is 0 Å². The molecule has 0 fully saturated rings. The van der Waals surface area contributed by atoms with E-state index in [-0.39, 0.29) is 5.69 Å². The van der Waals surface area contributed by atoms with Crippen molar-refractivity contribution in [3.63, 3.8) is 0 Å². The molecule has 20 heavy (non-hydrogen) atoms. The number of hydrogen-bond donors (Lipinski definition) is 1. The second-order valence-electron chi connectivity index (χ2n) is 4.31. The molecule has 0 saturated carbocycles. The summed E-state index contributed by atoms with van der Waals surface area (Å²) in [5, 5.41) is 20.5. The number of nitro groups is 1. The molecule has 2 aromatic rings. The predicted octanol–water partition coefficient (Wildman–Crippen LogP) is 3.83. The number of para-hydroxylation sites is 1. The first-order valence-electron chi connectivity index (χ1n) is 6.31. The zero-order valence-corrected chi connectivity index (χ0v) is 11.0. The van der Waals surface area contributed by atoms with Crippen LogP contribution in [-0.4, -0.2) is 10.0 Å². The van der Waals surface area contributed by atoms with Crippen LogP contribution in [0.25, 0.3) is 0 Å². The van der Waals surface area contributed by atoms with Crippen LogP contribution in [0.4, 0.5) is 5.69 Å². The lowest BCUT2D eigenvalue weighted by Gasteiger charge is -2.14. The third-order valence-corrected chi connectivity index (χ3v) is 2.94. The van der Waals surface area contributed by atoms with Gasteiger partial charge >= 0.3 is 0 Å². The molecule has 0 aliphatic carbocycles. The van der Waals surface area contributed by atoms with Gasteiger partial charge in [-0.05, 0) is 24.6 Å². The van der Waals surface area contributed by atoms with Gasteiger partial charge in [0.1, 0.15) is 11.5 Å². The zero-order chi connectivity index (χ0) is 14.5. The van der Waals surface area contributed by atoms with Crippen LogP contribution in [-0.2, 0) is 0 Å². The van der Waals surface area contributed by atoms with Crippen LogP contribution in [0.2, 0.25) is 0 Å². The molecule has 0 heterocycles. The van der Waals surface area contributed by atoms with Crippen LogP contribution in [0.15, 0.2) is 48.5 Å². The van der Waals surface area contributed by atoms with E-state index in [1.807, 2.05) is 19.1 Å². The molecule has 1 atom stereocenters. The Morgan fingerprint density at radius 2 is 1.85 bits per heavy atom. The second kappa shape index (κ2) is 6.16. The number of nitrogens with zero attached hydrogens (tertiary/aromatic N) is 1. The topological polar surface area (TPSA) is 72.6 Å². The molecule has 0 amide bonds. The summed E-state index contributed by atoms with van der Waals surface area (Å²) in [7, 11) is 0. The van der Waals surface area contributed by atoms with Gasteiger partial charge in [0.15, 0.2) is 0 Å². The van der Waals surface area contributed by atoms with Crippen molar-refractivity contribution in [3.8, 4) is 11.5 Å². The van der Waals surface area contributed by atoms with E-state index < -0.39 is 11.0 Å². The van der Waals surface area contributed by atoms with Gasteiger partial charge in [-0.2, -0.15) is 0 Å². The first-order valence-corrected chi connectivity index (χ1v) is 6.31. The van der Waals surface area contributed by atoms with Gasteiger partial charge in [0.25, 0.3) is 5.69 Å². The minimum absolute atomic E-state index is 0.0132. The normalized spacial score (nSPS) is 11.9. The summed E-state index contributed by atoms with van der Waals surface area (Å²) >= 11 is 0. The van der Waals surface area contributed by atoms with Crippen molar-refractivity contribution in [2.75, 3.05) is 0 Å². The molecule has 0 aliphatic heterocycles. The van der Waals surface area contributed by atoms with Crippen molar-refractivity contribution in [2.45, 2.75) is 19.4 Å². The fourth-order valence-electron chi connectivity index (χ4n) is 1.83. The summed E-state index contributed by atoms with van der Waals surface area (Å²) in [5.74, 6) is 1.04. The van der Waals surface area contributed by atoms with Crippen LogP contribution in [0.1, 0.15) is 25.0 Å². The number of benzene rings is 2. The quantitative estimate of drug-likeness (QED) is 0.663. The fourth-order valence-corrected chi connectivity index (χ4v) is 1.83. The Balaban J connectivity index is 2.23. The summed E-state index contributed by atoms with van der Waals surface area (Å²) in [4.78, 5) is 10.1. The average molecular weight is 273 g/mol. The van der Waals surface area contributed by atoms with E-state index in [1.165, 1.54) is 24.3 Å². The lowest BCUT2D eigenvalue weighted by Crippen LogP contribution is -1.98. The second-order valence-corrected chi connectivity index (χ2v) is 4.31. The number of aliphatic hydroxyl groups excluding tert-OH is 1. The van der Waals surface area contributed by atoms with Gasteiger partial charge < -0.3 is 9.84 Å². The zero-order valence-electron chi connectivity index (χ0n) is 11.0. The molecule has 0 aromatic heterocycles. The molecule has 0 unspecified atom stereocenters. The Labute approximate surface area is 116 Å². The molecule has 1 N–H and O–H groups in total. The molecular formula is C15H15NO4. The molecule has 104 valence electrons. The summed E-state index contributed by atoms with van der Waals surface area (Å²) in [6, 6.07) is 13.0. The van der Waals surface area contributed by atoms with E-state index >= 15 is 0 Å². The van der Waals surface area contributed by atoms with Gasteiger partial charge in [-0.25, -0.2) is 0 Å². The summed E-state index contributed by atoms with van der Waals surface area (Å²) in [5.41, 5.74) is 0.715. The summed E-state index contributed by atoms with van der Waals surface area (Å²) in [6.07, 6.45) is -0.00933. The monoisotopic (exact) mass is 273 g/mol. The molecule has 0 radical (unpaired) electrons. The molecule has 2 aromatic carbocycles. The van der Waals surface area contributed by atoms with Gasteiger partial charge in [0.2, 0.25) is 0 Å². The molecule has 5 heteroatoms. The van der Waals surface area contributed by atoms with Crippen LogP contribution in [0, 0.1) is 10.1 Å².